The second kappa shape index (κ2) is 7.87. The van der Waals surface area contributed by atoms with Gasteiger partial charge in [-0.15, -0.1) is 16.9 Å². The number of nitrogens with zero attached hydrogens (tertiary/aromatic N) is 4. The van der Waals surface area contributed by atoms with Gasteiger partial charge in [0, 0.05) is 30.6 Å². The van der Waals surface area contributed by atoms with Crippen molar-refractivity contribution in [2.45, 2.75) is 31.2 Å². The smallest absolute Gasteiger partial charge is 0.227 e. The van der Waals surface area contributed by atoms with Gasteiger partial charge in [-0.2, -0.15) is 5.10 Å². The molecule has 3 rings (SSSR count). The van der Waals surface area contributed by atoms with Crippen molar-refractivity contribution in [3.63, 3.8) is 0 Å². The molecule has 1 fully saturated rings. The molecular weight excluding hydrogens is 332 g/mol. The number of aryl methyl sites for hydroxylation is 1. The van der Waals surface area contributed by atoms with Gasteiger partial charge in [0.1, 0.15) is 0 Å². The molecule has 1 amide bonds. The predicted molar refractivity (Wildman–Crippen MR) is 102 cm³/mol. The van der Waals surface area contributed by atoms with Crippen LogP contribution in [0.25, 0.3) is 0 Å². The fraction of sp³-hybridized carbons (Fsp3) is 0.421. The molecule has 25 heavy (non-hydrogen) atoms. The van der Waals surface area contributed by atoms with E-state index in [4.69, 9.17) is 0 Å². The van der Waals surface area contributed by atoms with Crippen LogP contribution in [0.1, 0.15) is 18.2 Å². The molecule has 0 bridgehead atoms. The van der Waals surface area contributed by atoms with Gasteiger partial charge in [-0.25, -0.2) is 0 Å². The summed E-state index contributed by atoms with van der Waals surface area (Å²) < 4.78 is 0. The molecule has 6 heteroatoms. The maximum absolute atomic E-state index is 12.6. The van der Waals surface area contributed by atoms with E-state index in [1.165, 1.54) is 4.90 Å². The Hall–Kier alpha value is -2.08. The molecule has 0 aliphatic carbocycles. The Morgan fingerprint density at radius 2 is 1.92 bits per heavy atom. The first kappa shape index (κ1) is 17.7. The monoisotopic (exact) mass is 356 g/mol. The molecule has 0 saturated carbocycles. The molecular formula is C19H24N4OS. The van der Waals surface area contributed by atoms with Crippen LogP contribution in [0, 0.1) is 6.92 Å². The number of amides is 1. The minimum absolute atomic E-state index is 0.193. The molecule has 2 aromatic rings. The predicted octanol–water partition coefficient (Wildman–Crippen LogP) is 2.79. The lowest BCUT2D eigenvalue weighted by atomic mass is 10.1. The van der Waals surface area contributed by atoms with E-state index in [1.807, 2.05) is 36.1 Å². The molecule has 132 valence electrons. The zero-order chi connectivity index (χ0) is 17.8. The third-order valence-electron chi connectivity index (χ3n) is 4.57. The molecule has 1 aliphatic heterocycles. The summed E-state index contributed by atoms with van der Waals surface area (Å²) in [5, 5.41) is 8.42. The highest BCUT2D eigenvalue weighted by Crippen LogP contribution is 2.19. The Morgan fingerprint density at radius 3 is 2.52 bits per heavy atom. The lowest BCUT2D eigenvalue weighted by Gasteiger charge is -2.40. The van der Waals surface area contributed by atoms with Gasteiger partial charge in [0.2, 0.25) is 5.91 Å². The SMILES string of the molecule is CSc1ccc(CC(=O)N2CCN(c3ccc(C)nn3)[C@H](C)C2)cc1. The number of benzene rings is 1. The molecule has 1 aromatic carbocycles. The number of anilines is 1. The van der Waals surface area contributed by atoms with E-state index in [0.717, 1.165) is 36.7 Å². The van der Waals surface area contributed by atoms with Gasteiger partial charge < -0.3 is 9.80 Å². The highest BCUT2D eigenvalue weighted by molar-refractivity contribution is 7.98. The topological polar surface area (TPSA) is 49.3 Å². The first-order valence-corrected chi connectivity index (χ1v) is 9.77. The molecule has 0 N–H and O–H groups in total. The van der Waals surface area contributed by atoms with E-state index < -0.39 is 0 Å². The Balaban J connectivity index is 1.59. The quantitative estimate of drug-likeness (QED) is 0.789. The van der Waals surface area contributed by atoms with Crippen LogP contribution in [-0.2, 0) is 11.2 Å². The summed E-state index contributed by atoms with van der Waals surface area (Å²) in [5.74, 6) is 1.08. The van der Waals surface area contributed by atoms with Crippen molar-refractivity contribution in [2.75, 3.05) is 30.8 Å². The van der Waals surface area contributed by atoms with Crippen molar-refractivity contribution < 1.29 is 4.79 Å². The van der Waals surface area contributed by atoms with E-state index in [9.17, 15) is 4.79 Å². The number of hydrogen-bond donors (Lipinski definition) is 0. The maximum Gasteiger partial charge on any atom is 0.227 e. The van der Waals surface area contributed by atoms with Crippen LogP contribution in [-0.4, -0.2) is 52.9 Å². The van der Waals surface area contributed by atoms with E-state index >= 15 is 0 Å². The first-order chi connectivity index (χ1) is 12.1. The third kappa shape index (κ3) is 4.31. The second-order valence-corrected chi connectivity index (χ2v) is 7.32. The van der Waals surface area contributed by atoms with Gasteiger partial charge in [0.25, 0.3) is 0 Å². The second-order valence-electron chi connectivity index (χ2n) is 6.44. The molecule has 0 unspecified atom stereocenters. The first-order valence-electron chi connectivity index (χ1n) is 8.54. The summed E-state index contributed by atoms with van der Waals surface area (Å²) >= 11 is 1.71. The number of carbonyl (C=O) groups is 1. The minimum Gasteiger partial charge on any atom is -0.349 e. The highest BCUT2D eigenvalue weighted by atomic mass is 32.2. The highest BCUT2D eigenvalue weighted by Gasteiger charge is 2.27. The van der Waals surface area contributed by atoms with Crippen LogP contribution in [0.2, 0.25) is 0 Å². The summed E-state index contributed by atoms with van der Waals surface area (Å²) in [7, 11) is 0. The average Bonchev–Trinajstić information content (AvgIpc) is 2.63. The number of hydrogen-bond acceptors (Lipinski definition) is 5. The van der Waals surface area contributed by atoms with Crippen LogP contribution in [0.15, 0.2) is 41.3 Å². The van der Waals surface area contributed by atoms with Crippen molar-refractivity contribution >= 4 is 23.5 Å². The number of thioether (sulfide) groups is 1. The van der Waals surface area contributed by atoms with Crippen LogP contribution in [0.3, 0.4) is 0 Å². The summed E-state index contributed by atoms with van der Waals surface area (Å²) in [6.45, 7) is 6.30. The standard InChI is InChI=1S/C19H24N4OS/c1-14-4-9-18(21-20-14)23-11-10-22(13-15(23)2)19(24)12-16-5-7-17(25-3)8-6-16/h4-9,15H,10-13H2,1-3H3/t15-/m1/s1. The van der Waals surface area contributed by atoms with Crippen LogP contribution < -0.4 is 4.90 Å². The minimum atomic E-state index is 0.193. The van der Waals surface area contributed by atoms with Gasteiger partial charge in [0.15, 0.2) is 5.82 Å². The molecule has 1 aliphatic rings. The van der Waals surface area contributed by atoms with Crippen LogP contribution in [0.5, 0.6) is 0 Å². The summed E-state index contributed by atoms with van der Waals surface area (Å²) in [6, 6.07) is 12.5. The van der Waals surface area contributed by atoms with Gasteiger partial charge in [-0.3, -0.25) is 4.79 Å². The van der Waals surface area contributed by atoms with E-state index in [2.05, 4.69) is 40.4 Å². The Kier molecular flexibility index (Phi) is 5.58. The van der Waals surface area contributed by atoms with Crippen molar-refractivity contribution in [1.82, 2.24) is 15.1 Å². The molecule has 0 radical (unpaired) electrons. The molecule has 1 saturated heterocycles. The summed E-state index contributed by atoms with van der Waals surface area (Å²) in [6.07, 6.45) is 2.52. The zero-order valence-corrected chi connectivity index (χ0v) is 15.8. The number of aromatic nitrogens is 2. The molecule has 2 heterocycles. The number of carbonyl (C=O) groups excluding carboxylic acids is 1. The van der Waals surface area contributed by atoms with Gasteiger partial charge in [-0.1, -0.05) is 12.1 Å². The third-order valence-corrected chi connectivity index (χ3v) is 5.32. The molecule has 1 atom stereocenters. The van der Waals surface area contributed by atoms with Crippen molar-refractivity contribution in [3.8, 4) is 0 Å². The lowest BCUT2D eigenvalue weighted by molar-refractivity contribution is -0.131. The Labute approximate surface area is 153 Å². The van der Waals surface area contributed by atoms with E-state index in [1.54, 1.807) is 11.8 Å². The number of piperazine rings is 1. The summed E-state index contributed by atoms with van der Waals surface area (Å²) in [5.41, 5.74) is 1.99. The van der Waals surface area contributed by atoms with Crippen LogP contribution in [0.4, 0.5) is 5.82 Å². The largest absolute Gasteiger partial charge is 0.349 e. The molecule has 1 aromatic heterocycles. The van der Waals surface area contributed by atoms with Gasteiger partial charge >= 0.3 is 0 Å². The maximum atomic E-state index is 12.6. The Morgan fingerprint density at radius 1 is 1.16 bits per heavy atom. The average molecular weight is 356 g/mol. The van der Waals surface area contributed by atoms with E-state index in [-0.39, 0.29) is 11.9 Å². The van der Waals surface area contributed by atoms with E-state index in [0.29, 0.717) is 6.42 Å². The lowest BCUT2D eigenvalue weighted by Crippen LogP contribution is -2.54. The Bertz CT molecular complexity index is 717. The van der Waals surface area contributed by atoms with Gasteiger partial charge in [0.05, 0.1) is 12.1 Å². The van der Waals surface area contributed by atoms with Crippen molar-refractivity contribution in [2.24, 2.45) is 0 Å². The van der Waals surface area contributed by atoms with Crippen molar-refractivity contribution in [3.05, 3.63) is 47.7 Å². The van der Waals surface area contributed by atoms with Crippen LogP contribution >= 0.6 is 11.8 Å². The fourth-order valence-corrected chi connectivity index (χ4v) is 3.51. The van der Waals surface area contributed by atoms with Crippen molar-refractivity contribution in [1.29, 1.82) is 0 Å². The fourth-order valence-electron chi connectivity index (χ4n) is 3.10. The summed E-state index contributed by atoms with van der Waals surface area (Å²) in [4.78, 5) is 18.0. The normalized spacial score (nSPS) is 17.6. The molecule has 5 nitrogen and oxygen atoms in total. The number of rotatable bonds is 4. The van der Waals surface area contributed by atoms with Gasteiger partial charge in [-0.05, 0) is 49.9 Å². The molecule has 0 spiro atoms. The zero-order valence-electron chi connectivity index (χ0n) is 15.0.